The van der Waals surface area contributed by atoms with Crippen molar-refractivity contribution in [3.63, 3.8) is 0 Å². The molecule has 0 aliphatic heterocycles. The van der Waals surface area contributed by atoms with Crippen LogP contribution in [-0.4, -0.2) is 39.5 Å². The second-order valence-corrected chi connectivity index (χ2v) is 32.2. The van der Waals surface area contributed by atoms with E-state index in [1.807, 2.05) is 66.7 Å². The zero-order chi connectivity index (χ0) is 83.8. The highest BCUT2D eigenvalue weighted by molar-refractivity contribution is 6.22. The predicted molar refractivity (Wildman–Crippen MR) is 522 cm³/mol. The standard InChI is InChI=1S/C59H37N3O.C58H35N5O/c1-3-12-38(13-4-1)40-22-28-43(29-23-40)52-37-53(62-59(61-52)45-32-26-41(27-33-45)39-14-5-2-6-15-39)44-30-24-42(25-31-44)46-18-11-19-49(34-46)57-56-50-20-9-10-21-55(50)63-58(56)51-35-47-16-7-8-17-48(47)36-54(51)60-57;1-2-14-37(15-3-1)56-60-57(62-58(61-56)43-20-13-21-44(33-43)63-50-25-9-6-22-45(50)46-23-7-10-26-51(46)63)38-30-28-36(29-31-38)39-18-12-19-42(32-39)54-53-47-24-8-11-27-52(47)64-55(53)48-34-40-16-4-5-17-41(40)35-49(48)59-54/h1-37H;1-35H. The molecule has 10 nitrogen and oxygen atoms in total. The molecule has 25 aromatic rings. The summed E-state index contributed by atoms with van der Waals surface area (Å²) < 4.78 is 15.6. The van der Waals surface area contributed by atoms with Gasteiger partial charge in [-0.15, -0.1) is 0 Å². The van der Waals surface area contributed by atoms with E-state index in [-0.39, 0.29) is 0 Å². The molecule has 0 radical (unpaired) electrons. The number of hydrogen-bond donors (Lipinski definition) is 0. The molecule has 0 aliphatic carbocycles. The molecule has 127 heavy (non-hydrogen) atoms. The third kappa shape index (κ3) is 13.5. The minimum atomic E-state index is 0.605. The van der Waals surface area contributed by atoms with Crippen LogP contribution in [0.15, 0.2) is 446 Å². The summed E-state index contributed by atoms with van der Waals surface area (Å²) in [4.78, 5) is 36.4. The van der Waals surface area contributed by atoms with E-state index in [4.69, 9.17) is 43.7 Å². The van der Waals surface area contributed by atoms with Gasteiger partial charge in [0, 0.05) is 82.5 Å². The van der Waals surface area contributed by atoms with Crippen molar-refractivity contribution in [3.05, 3.63) is 437 Å². The van der Waals surface area contributed by atoms with Gasteiger partial charge in [0.15, 0.2) is 23.3 Å². The Balaban J connectivity index is 0.000000142. The fourth-order valence-electron chi connectivity index (χ4n) is 18.2. The van der Waals surface area contributed by atoms with Gasteiger partial charge in [0.2, 0.25) is 0 Å². The minimum absolute atomic E-state index is 0.605. The van der Waals surface area contributed by atoms with Gasteiger partial charge in [-0.3, -0.25) is 0 Å². The monoisotopic (exact) mass is 1620 g/mol. The number of pyridine rings is 2. The van der Waals surface area contributed by atoms with Crippen molar-refractivity contribution in [1.29, 1.82) is 0 Å². The number of para-hydroxylation sites is 4. The van der Waals surface area contributed by atoms with Gasteiger partial charge in [0.05, 0.1) is 55.6 Å². The number of nitrogens with zero attached hydrogens (tertiary/aromatic N) is 8. The maximum absolute atomic E-state index is 6.62. The van der Waals surface area contributed by atoms with E-state index >= 15 is 0 Å². The molecule has 0 bridgehead atoms. The van der Waals surface area contributed by atoms with Gasteiger partial charge in [-0.25, -0.2) is 34.9 Å². The zero-order valence-electron chi connectivity index (χ0n) is 68.5. The van der Waals surface area contributed by atoms with Crippen LogP contribution in [0.1, 0.15) is 0 Å². The van der Waals surface area contributed by atoms with Crippen LogP contribution in [0.25, 0.3) is 250 Å². The van der Waals surface area contributed by atoms with E-state index in [1.165, 1.54) is 21.9 Å². The highest BCUT2D eigenvalue weighted by Crippen LogP contribution is 2.46. The first-order valence-electron chi connectivity index (χ1n) is 42.7. The van der Waals surface area contributed by atoms with Crippen molar-refractivity contribution in [1.82, 2.24) is 39.5 Å². The fraction of sp³-hybridized carbons (Fsp3) is 0. The Morgan fingerprint density at radius 3 is 0.937 bits per heavy atom. The van der Waals surface area contributed by atoms with E-state index in [0.717, 1.165) is 205 Å². The highest BCUT2D eigenvalue weighted by atomic mass is 16.3. The summed E-state index contributed by atoms with van der Waals surface area (Å²) >= 11 is 0. The van der Waals surface area contributed by atoms with Crippen LogP contribution in [0.3, 0.4) is 0 Å². The third-order valence-electron chi connectivity index (χ3n) is 24.5. The van der Waals surface area contributed by atoms with Gasteiger partial charge in [-0.05, 0) is 145 Å². The molecule has 10 heteroatoms. The van der Waals surface area contributed by atoms with Crippen molar-refractivity contribution < 1.29 is 8.83 Å². The molecule has 0 fully saturated rings. The summed E-state index contributed by atoms with van der Waals surface area (Å²) in [5.74, 6) is 2.51. The highest BCUT2D eigenvalue weighted by Gasteiger charge is 2.24. The number of hydrogen-bond acceptors (Lipinski definition) is 9. The number of furan rings is 2. The Morgan fingerprint density at radius 2 is 0.488 bits per heavy atom. The topological polar surface area (TPSA) is 121 Å². The molecule has 0 amide bonds. The molecule has 0 N–H and O–H groups in total. The van der Waals surface area contributed by atoms with E-state index < -0.39 is 0 Å². The van der Waals surface area contributed by atoms with Crippen LogP contribution in [0.5, 0.6) is 0 Å². The van der Waals surface area contributed by atoms with E-state index in [2.05, 4.69) is 375 Å². The average molecular weight is 1620 g/mol. The Kier molecular flexibility index (Phi) is 18.0. The van der Waals surface area contributed by atoms with Crippen LogP contribution in [-0.2, 0) is 0 Å². The third-order valence-corrected chi connectivity index (χ3v) is 24.5. The lowest BCUT2D eigenvalue weighted by Crippen LogP contribution is -2.01. The van der Waals surface area contributed by atoms with Crippen LogP contribution < -0.4 is 0 Å². The van der Waals surface area contributed by atoms with E-state index in [1.54, 1.807) is 0 Å². The van der Waals surface area contributed by atoms with Gasteiger partial charge in [0.25, 0.3) is 0 Å². The molecule has 0 aliphatic rings. The Hall–Kier alpha value is -17.2. The van der Waals surface area contributed by atoms with E-state index in [0.29, 0.717) is 23.3 Å². The molecule has 592 valence electrons. The van der Waals surface area contributed by atoms with Gasteiger partial charge in [-0.2, -0.15) is 0 Å². The lowest BCUT2D eigenvalue weighted by Gasteiger charge is -2.12. The quantitative estimate of drug-likeness (QED) is 0.104. The molecule has 0 saturated heterocycles. The average Bonchev–Trinajstić information content (AvgIpc) is 1.53. The lowest BCUT2D eigenvalue weighted by atomic mass is 9.96. The van der Waals surface area contributed by atoms with Crippen molar-refractivity contribution in [2.45, 2.75) is 0 Å². The summed E-state index contributed by atoms with van der Waals surface area (Å²) in [6.07, 6.45) is 0. The predicted octanol–water partition coefficient (Wildman–Crippen LogP) is 30.7. The molecular weight excluding hydrogens is 1550 g/mol. The lowest BCUT2D eigenvalue weighted by molar-refractivity contribution is 0.672. The second kappa shape index (κ2) is 31.0. The first-order valence-corrected chi connectivity index (χ1v) is 42.7. The molecule has 25 rings (SSSR count). The van der Waals surface area contributed by atoms with Crippen LogP contribution in [0, 0.1) is 0 Å². The molecule has 0 unspecified atom stereocenters. The zero-order valence-corrected chi connectivity index (χ0v) is 68.5. The normalized spacial score (nSPS) is 11.6. The maximum Gasteiger partial charge on any atom is 0.164 e. The molecule has 18 aromatic carbocycles. The number of fused-ring (bicyclic) bond motifs is 15. The second-order valence-electron chi connectivity index (χ2n) is 32.2. The summed E-state index contributed by atoms with van der Waals surface area (Å²) in [5.41, 5.74) is 28.9. The fourth-order valence-corrected chi connectivity index (χ4v) is 18.2. The van der Waals surface area contributed by atoms with Crippen LogP contribution >= 0.6 is 0 Å². The maximum atomic E-state index is 6.62. The minimum Gasteiger partial charge on any atom is -0.455 e. The summed E-state index contributed by atoms with van der Waals surface area (Å²) in [6, 6.07) is 152. The number of aromatic nitrogens is 8. The van der Waals surface area contributed by atoms with Gasteiger partial charge < -0.3 is 13.4 Å². The first-order chi connectivity index (χ1) is 62.9. The molecule has 7 heterocycles. The Morgan fingerprint density at radius 1 is 0.181 bits per heavy atom. The Labute approximate surface area is 730 Å². The van der Waals surface area contributed by atoms with Gasteiger partial charge in [-0.1, -0.05) is 358 Å². The van der Waals surface area contributed by atoms with Crippen LogP contribution in [0.4, 0.5) is 0 Å². The van der Waals surface area contributed by atoms with Crippen molar-refractivity contribution >= 4 is 109 Å². The molecule has 0 spiro atoms. The van der Waals surface area contributed by atoms with Crippen LogP contribution in [0.2, 0.25) is 0 Å². The first kappa shape index (κ1) is 73.7. The van der Waals surface area contributed by atoms with Crippen molar-refractivity contribution in [2.24, 2.45) is 0 Å². The molecule has 0 atom stereocenters. The summed E-state index contributed by atoms with van der Waals surface area (Å²) in [7, 11) is 0. The number of rotatable bonds is 13. The smallest absolute Gasteiger partial charge is 0.164 e. The molecular formula is C117H72N8O2. The SMILES string of the molecule is c1ccc(-c2ccc(-c3cc(-c4ccc(-c5cccc(-c6nc7cc8ccccc8cc7c7oc8ccccc8c67)c5)cc4)nc(-c4ccc(-c5ccccc5)cc4)n3)cc2)cc1.c1ccc(-c2nc(-c3ccc(-c4cccc(-c5nc6cc7ccccc7cc6c6oc7ccccc7c56)c4)cc3)nc(-c3cccc(-n4c5ccccc5c5ccccc54)c3)n2)cc1. The van der Waals surface area contributed by atoms with Crippen molar-refractivity contribution in [2.75, 3.05) is 0 Å². The molecule has 7 aromatic heterocycles. The van der Waals surface area contributed by atoms with Gasteiger partial charge >= 0.3 is 0 Å². The molecule has 0 saturated carbocycles. The van der Waals surface area contributed by atoms with Gasteiger partial charge in [0.1, 0.15) is 22.3 Å². The largest absolute Gasteiger partial charge is 0.455 e. The Bertz CT molecular complexity index is 8450. The number of benzene rings is 18. The summed E-state index contributed by atoms with van der Waals surface area (Å²) in [6.45, 7) is 0. The van der Waals surface area contributed by atoms with Crippen molar-refractivity contribution in [3.8, 4) is 141 Å². The van der Waals surface area contributed by atoms with E-state index in [9.17, 15) is 0 Å². The summed E-state index contributed by atoms with van der Waals surface area (Å²) in [5, 5.41) is 13.2.